The van der Waals surface area contributed by atoms with Crippen LogP contribution in [0.2, 0.25) is 0 Å². The van der Waals surface area contributed by atoms with Gasteiger partial charge in [0.25, 0.3) is 0 Å². The molecule has 1 aromatic rings. The third-order valence-electron chi connectivity index (χ3n) is 3.06. The second-order valence-electron chi connectivity index (χ2n) is 4.51. The molecule has 0 aliphatic rings. The monoisotopic (exact) mass is 263 g/mol. The van der Waals surface area contributed by atoms with Gasteiger partial charge in [-0.1, -0.05) is 48.8 Å². The van der Waals surface area contributed by atoms with Gasteiger partial charge in [-0.2, -0.15) is 0 Å². The molecule has 5 nitrogen and oxygen atoms in total. The summed E-state index contributed by atoms with van der Waals surface area (Å²) in [5.74, 6) is -0.362. The molecule has 0 bridgehead atoms. The highest BCUT2D eigenvalue weighted by Gasteiger charge is 2.20. The molecule has 0 aliphatic carbocycles. The molecule has 0 aliphatic heterocycles. The number of benzene rings is 1. The number of hydrogen-bond acceptors (Lipinski definition) is 3. The van der Waals surface area contributed by atoms with E-state index in [1.165, 1.54) is 0 Å². The number of carbonyl (C=O) groups is 1. The van der Waals surface area contributed by atoms with Gasteiger partial charge in [-0.05, 0) is 18.9 Å². The standard InChI is InChI=1S/C14H21N3O2/c1-3-7-12(13(15)17-19)16-14(18)10(2)11-8-5-4-6-9-11/h4-6,8-10,12,19H,3,7H2,1-2H3,(H2,15,17)(H,16,18). The number of amides is 1. The van der Waals surface area contributed by atoms with Gasteiger partial charge in [0.2, 0.25) is 5.91 Å². The highest BCUT2D eigenvalue weighted by molar-refractivity contribution is 5.91. The van der Waals surface area contributed by atoms with Crippen LogP contribution in [0.3, 0.4) is 0 Å². The van der Waals surface area contributed by atoms with Crippen LogP contribution in [-0.4, -0.2) is 23.0 Å². The number of nitrogens with two attached hydrogens (primary N) is 1. The Morgan fingerprint density at radius 1 is 1.42 bits per heavy atom. The van der Waals surface area contributed by atoms with E-state index in [-0.39, 0.29) is 17.7 Å². The lowest BCUT2D eigenvalue weighted by Gasteiger charge is -2.19. The molecule has 1 aromatic carbocycles. The van der Waals surface area contributed by atoms with Crippen LogP contribution < -0.4 is 11.1 Å². The van der Waals surface area contributed by atoms with E-state index in [2.05, 4.69) is 10.5 Å². The third-order valence-corrected chi connectivity index (χ3v) is 3.06. The minimum atomic E-state index is -0.423. The molecule has 4 N–H and O–H groups in total. The summed E-state index contributed by atoms with van der Waals surface area (Å²) in [5.41, 5.74) is 6.52. The molecule has 1 amide bonds. The molecule has 0 saturated heterocycles. The van der Waals surface area contributed by atoms with E-state index in [1.54, 1.807) is 0 Å². The predicted octanol–water partition coefficient (Wildman–Crippen LogP) is 1.82. The fourth-order valence-corrected chi connectivity index (χ4v) is 1.84. The Hall–Kier alpha value is -2.04. The van der Waals surface area contributed by atoms with Gasteiger partial charge in [-0.15, -0.1) is 0 Å². The Morgan fingerprint density at radius 2 is 2.05 bits per heavy atom. The fourth-order valence-electron chi connectivity index (χ4n) is 1.84. The topological polar surface area (TPSA) is 87.7 Å². The maximum absolute atomic E-state index is 12.1. The highest BCUT2D eigenvalue weighted by Crippen LogP contribution is 2.15. The molecule has 0 aromatic heterocycles. The zero-order valence-electron chi connectivity index (χ0n) is 11.3. The van der Waals surface area contributed by atoms with Crippen molar-refractivity contribution in [3.63, 3.8) is 0 Å². The van der Waals surface area contributed by atoms with Gasteiger partial charge in [-0.25, -0.2) is 0 Å². The van der Waals surface area contributed by atoms with Crippen LogP contribution in [0.25, 0.3) is 0 Å². The van der Waals surface area contributed by atoms with E-state index in [9.17, 15) is 4.79 Å². The number of nitrogens with one attached hydrogen (secondary N) is 1. The molecular weight excluding hydrogens is 242 g/mol. The molecule has 2 atom stereocenters. The van der Waals surface area contributed by atoms with Crippen molar-refractivity contribution in [1.29, 1.82) is 0 Å². The summed E-state index contributed by atoms with van der Waals surface area (Å²) in [6.45, 7) is 3.81. The molecule has 19 heavy (non-hydrogen) atoms. The molecular formula is C14H21N3O2. The summed E-state index contributed by atoms with van der Waals surface area (Å²) >= 11 is 0. The Kier molecular flexibility index (Phi) is 5.85. The SMILES string of the molecule is CCCC(NC(=O)C(C)c1ccccc1)/C(N)=N/O. The number of amidine groups is 1. The molecule has 0 fully saturated rings. The number of carbonyl (C=O) groups excluding carboxylic acids is 1. The van der Waals surface area contributed by atoms with Crippen molar-refractivity contribution < 1.29 is 10.0 Å². The second kappa shape index (κ2) is 7.41. The van der Waals surface area contributed by atoms with E-state index in [0.717, 1.165) is 12.0 Å². The Balaban J connectivity index is 2.72. The smallest absolute Gasteiger partial charge is 0.227 e. The summed E-state index contributed by atoms with van der Waals surface area (Å²) in [5, 5.41) is 14.5. The van der Waals surface area contributed by atoms with Crippen LogP contribution in [0.1, 0.15) is 38.2 Å². The lowest BCUT2D eigenvalue weighted by molar-refractivity contribution is -0.122. The zero-order chi connectivity index (χ0) is 14.3. The largest absolute Gasteiger partial charge is 0.409 e. The van der Waals surface area contributed by atoms with Gasteiger partial charge >= 0.3 is 0 Å². The first-order valence-corrected chi connectivity index (χ1v) is 6.42. The molecule has 1 rings (SSSR count). The number of hydrogen-bond donors (Lipinski definition) is 3. The van der Waals surface area contributed by atoms with E-state index < -0.39 is 6.04 Å². The Labute approximate surface area is 113 Å². The first kappa shape index (κ1) is 15.0. The van der Waals surface area contributed by atoms with E-state index in [1.807, 2.05) is 44.2 Å². The first-order valence-electron chi connectivity index (χ1n) is 6.42. The summed E-state index contributed by atoms with van der Waals surface area (Å²) in [6.07, 6.45) is 1.48. The van der Waals surface area contributed by atoms with Gasteiger partial charge in [0.05, 0.1) is 12.0 Å². The average Bonchev–Trinajstić information content (AvgIpc) is 2.46. The number of oxime groups is 1. The van der Waals surface area contributed by atoms with Crippen molar-refractivity contribution in [3.05, 3.63) is 35.9 Å². The number of rotatable bonds is 6. The summed E-state index contributed by atoms with van der Waals surface area (Å²) in [7, 11) is 0. The lowest BCUT2D eigenvalue weighted by Crippen LogP contribution is -2.45. The van der Waals surface area contributed by atoms with Crippen LogP contribution in [0.4, 0.5) is 0 Å². The zero-order valence-corrected chi connectivity index (χ0v) is 11.3. The summed E-state index contributed by atoms with van der Waals surface area (Å²) < 4.78 is 0. The third kappa shape index (κ3) is 4.28. The van der Waals surface area contributed by atoms with E-state index in [0.29, 0.717) is 6.42 Å². The molecule has 104 valence electrons. The van der Waals surface area contributed by atoms with Gasteiger partial charge in [0.1, 0.15) is 0 Å². The predicted molar refractivity (Wildman–Crippen MR) is 75.1 cm³/mol. The second-order valence-corrected chi connectivity index (χ2v) is 4.51. The normalized spacial score (nSPS) is 14.7. The highest BCUT2D eigenvalue weighted by atomic mass is 16.4. The van der Waals surface area contributed by atoms with Crippen LogP contribution >= 0.6 is 0 Å². The van der Waals surface area contributed by atoms with Crippen LogP contribution in [0.5, 0.6) is 0 Å². The quantitative estimate of drug-likeness (QED) is 0.316. The lowest BCUT2D eigenvalue weighted by atomic mass is 9.99. The fraction of sp³-hybridized carbons (Fsp3) is 0.429. The summed E-state index contributed by atoms with van der Waals surface area (Å²) in [6, 6.07) is 9.09. The van der Waals surface area contributed by atoms with Crippen molar-refractivity contribution in [2.24, 2.45) is 10.9 Å². The van der Waals surface area contributed by atoms with Crippen molar-refractivity contribution in [2.75, 3.05) is 0 Å². The van der Waals surface area contributed by atoms with E-state index >= 15 is 0 Å². The maximum Gasteiger partial charge on any atom is 0.227 e. The minimum Gasteiger partial charge on any atom is -0.409 e. The van der Waals surface area contributed by atoms with Gasteiger partial charge < -0.3 is 16.3 Å². The van der Waals surface area contributed by atoms with Crippen LogP contribution in [-0.2, 0) is 4.79 Å². The van der Waals surface area contributed by atoms with E-state index in [4.69, 9.17) is 10.9 Å². The van der Waals surface area contributed by atoms with Gasteiger partial charge in [-0.3, -0.25) is 4.79 Å². The Morgan fingerprint density at radius 3 is 2.58 bits per heavy atom. The van der Waals surface area contributed by atoms with Gasteiger partial charge in [0, 0.05) is 0 Å². The van der Waals surface area contributed by atoms with Crippen molar-refractivity contribution in [2.45, 2.75) is 38.6 Å². The molecule has 0 radical (unpaired) electrons. The summed E-state index contributed by atoms with van der Waals surface area (Å²) in [4.78, 5) is 12.1. The molecule has 0 saturated carbocycles. The van der Waals surface area contributed by atoms with Gasteiger partial charge in [0.15, 0.2) is 5.84 Å². The average molecular weight is 263 g/mol. The van der Waals surface area contributed by atoms with Crippen molar-refractivity contribution in [1.82, 2.24) is 5.32 Å². The maximum atomic E-state index is 12.1. The Bertz CT molecular complexity index is 432. The molecule has 2 unspecified atom stereocenters. The van der Waals surface area contributed by atoms with Crippen LogP contribution in [0, 0.1) is 0 Å². The van der Waals surface area contributed by atoms with Crippen LogP contribution in [0.15, 0.2) is 35.5 Å². The molecule has 5 heteroatoms. The first-order chi connectivity index (χ1) is 9.10. The minimum absolute atomic E-state index is 0.0375. The molecule has 0 spiro atoms. The van der Waals surface area contributed by atoms with Crippen molar-refractivity contribution >= 4 is 11.7 Å². The van der Waals surface area contributed by atoms with Crippen molar-refractivity contribution in [3.8, 4) is 0 Å². The number of nitrogens with zero attached hydrogens (tertiary/aromatic N) is 1. The molecule has 0 heterocycles.